The van der Waals surface area contributed by atoms with Crippen molar-refractivity contribution < 1.29 is 0 Å². The van der Waals surface area contributed by atoms with Crippen LogP contribution in [0.4, 0.5) is 0 Å². The molecule has 0 spiro atoms. The van der Waals surface area contributed by atoms with Crippen LogP contribution in [0, 0.1) is 18.3 Å². The molecule has 1 aromatic heterocycles. The number of nitriles is 1. The van der Waals surface area contributed by atoms with Crippen LogP contribution in [0.15, 0.2) is 24.3 Å². The zero-order chi connectivity index (χ0) is 9.97. The van der Waals surface area contributed by atoms with Crippen LogP contribution < -0.4 is 0 Å². The number of aryl methyl sites for hydroxylation is 1. The van der Waals surface area contributed by atoms with E-state index in [0.717, 1.165) is 22.2 Å². The molecule has 0 unspecified atom stereocenters. The van der Waals surface area contributed by atoms with Gasteiger partial charge in [0.2, 0.25) is 0 Å². The molecule has 2 aromatic rings. The third-order valence-electron chi connectivity index (χ3n) is 2.12. The maximum atomic E-state index is 8.39. The molecule has 68 valence electrons. The van der Waals surface area contributed by atoms with Crippen molar-refractivity contribution in [1.29, 1.82) is 5.26 Å². The fourth-order valence-electron chi connectivity index (χ4n) is 1.40. The normalized spacial score (nSPS) is 10.9. The number of hydrogen-bond acceptors (Lipinski definition) is 2. The molecule has 1 heterocycles. The third-order valence-corrected chi connectivity index (χ3v) is 2.12. The topological polar surface area (TPSA) is 52.5 Å². The van der Waals surface area contributed by atoms with Crippen molar-refractivity contribution in [3.05, 3.63) is 35.5 Å². The Morgan fingerprint density at radius 3 is 3.14 bits per heavy atom. The van der Waals surface area contributed by atoms with Gasteiger partial charge in [-0.3, -0.25) is 5.10 Å². The standard InChI is InChI=1S/C11H9N3/c1-8-10-5-4-9(3-2-6-12)7-11(10)14-13-8/h2-5,7H,1H3,(H,13,14). The van der Waals surface area contributed by atoms with Gasteiger partial charge in [-0.25, -0.2) is 0 Å². The average Bonchev–Trinajstić information content (AvgIpc) is 2.57. The first-order valence-electron chi connectivity index (χ1n) is 4.32. The van der Waals surface area contributed by atoms with E-state index < -0.39 is 0 Å². The van der Waals surface area contributed by atoms with Crippen LogP contribution >= 0.6 is 0 Å². The number of H-pyrrole nitrogens is 1. The highest BCUT2D eigenvalue weighted by molar-refractivity contribution is 5.83. The summed E-state index contributed by atoms with van der Waals surface area (Å²) < 4.78 is 0. The van der Waals surface area contributed by atoms with Crippen molar-refractivity contribution in [2.24, 2.45) is 0 Å². The van der Waals surface area contributed by atoms with Crippen LogP contribution in [0.25, 0.3) is 17.0 Å². The summed E-state index contributed by atoms with van der Waals surface area (Å²) in [6.45, 7) is 1.99. The number of aromatic nitrogens is 2. The smallest absolute Gasteiger partial charge is 0.0929 e. The van der Waals surface area contributed by atoms with Crippen LogP contribution in [-0.2, 0) is 0 Å². The zero-order valence-electron chi connectivity index (χ0n) is 7.78. The van der Waals surface area contributed by atoms with Gasteiger partial charge in [0.15, 0.2) is 0 Å². The molecule has 0 radical (unpaired) electrons. The van der Waals surface area contributed by atoms with Gasteiger partial charge in [0.1, 0.15) is 0 Å². The van der Waals surface area contributed by atoms with E-state index in [2.05, 4.69) is 10.2 Å². The Balaban J connectivity index is 2.53. The molecule has 0 aliphatic rings. The summed E-state index contributed by atoms with van der Waals surface area (Å²) in [5, 5.41) is 16.6. The Hall–Kier alpha value is -2.08. The van der Waals surface area contributed by atoms with Crippen LogP contribution in [0.2, 0.25) is 0 Å². The number of benzene rings is 1. The molecule has 0 aliphatic carbocycles. The lowest BCUT2D eigenvalue weighted by Crippen LogP contribution is -1.73. The molecule has 0 atom stereocenters. The molecule has 0 aliphatic heterocycles. The predicted octanol–water partition coefficient (Wildman–Crippen LogP) is 2.41. The van der Waals surface area contributed by atoms with E-state index in [1.54, 1.807) is 6.08 Å². The molecular formula is C11H9N3. The number of allylic oxidation sites excluding steroid dienone is 1. The van der Waals surface area contributed by atoms with Gasteiger partial charge in [-0.2, -0.15) is 10.4 Å². The van der Waals surface area contributed by atoms with E-state index in [9.17, 15) is 0 Å². The largest absolute Gasteiger partial charge is 0.282 e. The first-order valence-corrected chi connectivity index (χ1v) is 4.32. The summed E-state index contributed by atoms with van der Waals surface area (Å²) in [6.07, 6.45) is 3.23. The van der Waals surface area contributed by atoms with E-state index in [1.165, 1.54) is 6.08 Å². The first-order chi connectivity index (χ1) is 6.81. The maximum Gasteiger partial charge on any atom is 0.0929 e. The Kier molecular flexibility index (Phi) is 2.04. The van der Waals surface area contributed by atoms with Gasteiger partial charge in [-0.15, -0.1) is 0 Å². The van der Waals surface area contributed by atoms with Gasteiger partial charge < -0.3 is 0 Å². The summed E-state index contributed by atoms with van der Waals surface area (Å²) in [4.78, 5) is 0. The van der Waals surface area contributed by atoms with Gasteiger partial charge in [0.25, 0.3) is 0 Å². The zero-order valence-corrected chi connectivity index (χ0v) is 7.78. The van der Waals surface area contributed by atoms with Gasteiger partial charge in [0, 0.05) is 17.2 Å². The molecule has 3 heteroatoms. The highest BCUT2D eigenvalue weighted by Crippen LogP contribution is 2.17. The molecule has 14 heavy (non-hydrogen) atoms. The maximum absolute atomic E-state index is 8.39. The quantitative estimate of drug-likeness (QED) is 0.690. The minimum Gasteiger partial charge on any atom is -0.282 e. The first kappa shape index (κ1) is 8.52. The highest BCUT2D eigenvalue weighted by atomic mass is 15.1. The van der Waals surface area contributed by atoms with Crippen molar-refractivity contribution in [3.63, 3.8) is 0 Å². The number of hydrogen-bond donors (Lipinski definition) is 1. The predicted molar refractivity (Wildman–Crippen MR) is 55.5 cm³/mol. The van der Waals surface area contributed by atoms with Crippen molar-refractivity contribution >= 4 is 17.0 Å². The average molecular weight is 183 g/mol. The van der Waals surface area contributed by atoms with Crippen LogP contribution in [0.1, 0.15) is 11.3 Å². The molecule has 3 nitrogen and oxygen atoms in total. The van der Waals surface area contributed by atoms with E-state index in [4.69, 9.17) is 5.26 Å². The van der Waals surface area contributed by atoms with Crippen molar-refractivity contribution in [2.75, 3.05) is 0 Å². The van der Waals surface area contributed by atoms with E-state index in [-0.39, 0.29) is 0 Å². The Morgan fingerprint density at radius 1 is 1.50 bits per heavy atom. The molecule has 0 saturated heterocycles. The lowest BCUT2D eigenvalue weighted by molar-refractivity contribution is 1.07. The SMILES string of the molecule is Cc1[nH]nc2cc(C=CC#N)ccc12. The fourth-order valence-corrected chi connectivity index (χ4v) is 1.40. The number of aromatic amines is 1. The molecule has 1 aromatic carbocycles. The van der Waals surface area contributed by atoms with Crippen molar-refractivity contribution in [3.8, 4) is 6.07 Å². The van der Waals surface area contributed by atoms with Gasteiger partial charge >= 0.3 is 0 Å². The van der Waals surface area contributed by atoms with Gasteiger partial charge in [0.05, 0.1) is 11.6 Å². The molecule has 0 saturated carbocycles. The minimum absolute atomic E-state index is 0.933. The Morgan fingerprint density at radius 2 is 2.36 bits per heavy atom. The summed E-state index contributed by atoms with van der Waals surface area (Å²) in [7, 11) is 0. The van der Waals surface area contributed by atoms with Crippen LogP contribution in [-0.4, -0.2) is 10.2 Å². The molecule has 0 bridgehead atoms. The van der Waals surface area contributed by atoms with Crippen molar-refractivity contribution in [1.82, 2.24) is 10.2 Å². The lowest BCUT2D eigenvalue weighted by Gasteiger charge is -1.92. The van der Waals surface area contributed by atoms with E-state index in [1.807, 2.05) is 31.2 Å². The molecule has 1 N–H and O–H groups in total. The number of nitrogens with zero attached hydrogens (tertiary/aromatic N) is 2. The second-order valence-corrected chi connectivity index (χ2v) is 3.09. The second-order valence-electron chi connectivity index (χ2n) is 3.09. The fraction of sp³-hybridized carbons (Fsp3) is 0.0909. The van der Waals surface area contributed by atoms with E-state index >= 15 is 0 Å². The Bertz CT molecular complexity index is 529. The summed E-state index contributed by atoms with van der Waals surface area (Å²) in [5.41, 5.74) is 2.99. The number of nitrogens with one attached hydrogen (secondary N) is 1. The van der Waals surface area contributed by atoms with Gasteiger partial charge in [-0.1, -0.05) is 12.1 Å². The molecular weight excluding hydrogens is 174 g/mol. The number of rotatable bonds is 1. The molecule has 0 fully saturated rings. The third kappa shape index (κ3) is 1.38. The summed E-state index contributed by atoms with van der Waals surface area (Å²) in [5.74, 6) is 0. The lowest BCUT2D eigenvalue weighted by atomic mass is 10.1. The van der Waals surface area contributed by atoms with Crippen molar-refractivity contribution in [2.45, 2.75) is 6.92 Å². The summed E-state index contributed by atoms with van der Waals surface area (Å²) >= 11 is 0. The Labute approximate surface area is 81.7 Å². The van der Waals surface area contributed by atoms with Crippen LogP contribution in [0.5, 0.6) is 0 Å². The highest BCUT2D eigenvalue weighted by Gasteiger charge is 1.99. The number of fused-ring (bicyclic) bond motifs is 1. The second kappa shape index (κ2) is 3.35. The van der Waals surface area contributed by atoms with Gasteiger partial charge in [-0.05, 0) is 24.6 Å². The minimum atomic E-state index is 0.933. The molecule has 2 rings (SSSR count). The monoisotopic (exact) mass is 183 g/mol. The molecule has 0 amide bonds. The van der Waals surface area contributed by atoms with Crippen LogP contribution in [0.3, 0.4) is 0 Å². The summed E-state index contributed by atoms with van der Waals surface area (Å²) in [6, 6.07) is 7.89. The van der Waals surface area contributed by atoms with E-state index in [0.29, 0.717) is 0 Å².